The van der Waals surface area contributed by atoms with Crippen LogP contribution in [0.5, 0.6) is 0 Å². The highest BCUT2D eigenvalue weighted by atomic mass is 32.2. The molecule has 1 aromatic rings. The third kappa shape index (κ3) is 6.85. The molecule has 1 aromatic carbocycles. The molecule has 23 heavy (non-hydrogen) atoms. The molecule has 1 saturated heterocycles. The molecule has 2 rings (SSSR count). The van der Waals surface area contributed by atoms with Gasteiger partial charge in [0.05, 0.1) is 0 Å². The molecule has 1 atom stereocenters. The van der Waals surface area contributed by atoms with Crippen molar-refractivity contribution in [2.45, 2.75) is 33.1 Å². The lowest BCUT2D eigenvalue weighted by molar-refractivity contribution is 0.182. The SMILES string of the molecule is Cc1ccc(/C=C\S(=O)(=O)NCCCN2CCC[C@@H](C)C2)cc1. The van der Waals surface area contributed by atoms with E-state index >= 15 is 0 Å². The van der Waals surface area contributed by atoms with Crippen molar-refractivity contribution < 1.29 is 8.42 Å². The van der Waals surface area contributed by atoms with E-state index in [-0.39, 0.29) is 0 Å². The van der Waals surface area contributed by atoms with Gasteiger partial charge in [-0.3, -0.25) is 0 Å². The van der Waals surface area contributed by atoms with E-state index in [0.29, 0.717) is 6.54 Å². The molecule has 5 heteroatoms. The Labute approximate surface area is 140 Å². The van der Waals surface area contributed by atoms with E-state index in [4.69, 9.17) is 0 Å². The Balaban J connectivity index is 1.72. The highest BCUT2D eigenvalue weighted by Gasteiger charge is 2.15. The number of hydrogen-bond acceptors (Lipinski definition) is 3. The van der Waals surface area contributed by atoms with Gasteiger partial charge in [-0.15, -0.1) is 0 Å². The molecule has 4 nitrogen and oxygen atoms in total. The molecule has 0 amide bonds. The molecule has 0 aromatic heterocycles. The minimum Gasteiger partial charge on any atom is -0.303 e. The Morgan fingerprint density at radius 1 is 1.30 bits per heavy atom. The Morgan fingerprint density at radius 2 is 2.04 bits per heavy atom. The maximum atomic E-state index is 12.0. The van der Waals surface area contributed by atoms with Gasteiger partial charge < -0.3 is 4.90 Å². The van der Waals surface area contributed by atoms with E-state index in [2.05, 4.69) is 16.5 Å². The summed E-state index contributed by atoms with van der Waals surface area (Å²) in [7, 11) is -3.35. The van der Waals surface area contributed by atoms with Crippen molar-refractivity contribution in [3.63, 3.8) is 0 Å². The summed E-state index contributed by atoms with van der Waals surface area (Å²) in [4.78, 5) is 2.44. The van der Waals surface area contributed by atoms with Crippen LogP contribution in [0.15, 0.2) is 29.7 Å². The van der Waals surface area contributed by atoms with Crippen LogP contribution in [0.2, 0.25) is 0 Å². The van der Waals surface area contributed by atoms with E-state index in [9.17, 15) is 8.42 Å². The zero-order valence-corrected chi connectivity index (χ0v) is 15.0. The Bertz CT molecular complexity index is 608. The lowest BCUT2D eigenvalue weighted by Gasteiger charge is -2.30. The summed E-state index contributed by atoms with van der Waals surface area (Å²) in [6, 6.07) is 7.77. The maximum Gasteiger partial charge on any atom is 0.233 e. The van der Waals surface area contributed by atoms with Crippen LogP contribution < -0.4 is 4.72 Å². The Morgan fingerprint density at radius 3 is 2.74 bits per heavy atom. The van der Waals surface area contributed by atoms with Gasteiger partial charge in [-0.05, 0) is 56.8 Å². The van der Waals surface area contributed by atoms with Crippen LogP contribution in [0, 0.1) is 12.8 Å². The summed E-state index contributed by atoms with van der Waals surface area (Å²) in [5.74, 6) is 0.762. The van der Waals surface area contributed by atoms with Crippen LogP contribution in [-0.2, 0) is 10.0 Å². The predicted molar refractivity (Wildman–Crippen MR) is 96.6 cm³/mol. The maximum absolute atomic E-state index is 12.0. The van der Waals surface area contributed by atoms with Crippen LogP contribution >= 0.6 is 0 Å². The van der Waals surface area contributed by atoms with Crippen molar-refractivity contribution >= 4 is 16.1 Å². The van der Waals surface area contributed by atoms with E-state index in [1.807, 2.05) is 31.2 Å². The van der Waals surface area contributed by atoms with Crippen LogP contribution in [0.25, 0.3) is 6.08 Å². The molecule has 0 saturated carbocycles. The van der Waals surface area contributed by atoms with Gasteiger partial charge in [0.15, 0.2) is 0 Å². The number of hydrogen-bond donors (Lipinski definition) is 1. The average Bonchev–Trinajstić information content (AvgIpc) is 2.51. The van der Waals surface area contributed by atoms with Gasteiger partial charge in [0, 0.05) is 18.5 Å². The smallest absolute Gasteiger partial charge is 0.233 e. The number of nitrogens with one attached hydrogen (secondary N) is 1. The Hall–Kier alpha value is -1.17. The van der Waals surface area contributed by atoms with E-state index in [1.165, 1.54) is 18.2 Å². The van der Waals surface area contributed by atoms with Gasteiger partial charge in [0.1, 0.15) is 0 Å². The van der Waals surface area contributed by atoms with Gasteiger partial charge >= 0.3 is 0 Å². The highest BCUT2D eigenvalue weighted by Crippen LogP contribution is 2.15. The molecule has 1 N–H and O–H groups in total. The Kier molecular flexibility index (Phi) is 6.81. The van der Waals surface area contributed by atoms with Crippen molar-refractivity contribution in [2.75, 3.05) is 26.2 Å². The first kappa shape index (κ1) is 18.2. The third-order valence-corrected chi connectivity index (χ3v) is 5.31. The molecule has 0 unspecified atom stereocenters. The second kappa shape index (κ2) is 8.62. The molecule has 1 aliphatic heterocycles. The van der Waals surface area contributed by atoms with Crippen LogP contribution in [-0.4, -0.2) is 39.5 Å². The fraction of sp³-hybridized carbons (Fsp3) is 0.556. The molecule has 1 fully saturated rings. The van der Waals surface area contributed by atoms with Crippen molar-refractivity contribution in [3.8, 4) is 0 Å². The normalized spacial score (nSPS) is 20.2. The van der Waals surface area contributed by atoms with Crippen molar-refractivity contribution in [2.24, 2.45) is 5.92 Å². The van der Waals surface area contributed by atoms with Gasteiger partial charge in [0.25, 0.3) is 0 Å². The van der Waals surface area contributed by atoms with Crippen molar-refractivity contribution in [1.82, 2.24) is 9.62 Å². The summed E-state index contributed by atoms with van der Waals surface area (Å²) >= 11 is 0. The summed E-state index contributed by atoms with van der Waals surface area (Å²) in [5, 5.41) is 1.25. The monoisotopic (exact) mass is 336 g/mol. The number of aryl methyl sites for hydroxylation is 1. The zero-order chi connectivity index (χ0) is 16.7. The molecule has 0 radical (unpaired) electrons. The lowest BCUT2D eigenvalue weighted by Crippen LogP contribution is -2.36. The second-order valence-corrected chi connectivity index (χ2v) is 8.21. The second-order valence-electron chi connectivity index (χ2n) is 6.55. The summed E-state index contributed by atoms with van der Waals surface area (Å²) < 4.78 is 26.6. The van der Waals surface area contributed by atoms with E-state index in [0.717, 1.165) is 43.1 Å². The van der Waals surface area contributed by atoms with Crippen LogP contribution in [0.4, 0.5) is 0 Å². The zero-order valence-electron chi connectivity index (χ0n) is 14.2. The van der Waals surface area contributed by atoms with Gasteiger partial charge in [0.2, 0.25) is 10.0 Å². The van der Waals surface area contributed by atoms with Gasteiger partial charge in [-0.1, -0.05) is 36.8 Å². The van der Waals surface area contributed by atoms with Gasteiger partial charge in [-0.2, -0.15) is 0 Å². The first-order valence-electron chi connectivity index (χ1n) is 8.41. The van der Waals surface area contributed by atoms with Crippen molar-refractivity contribution in [3.05, 3.63) is 40.8 Å². The molecule has 1 aliphatic rings. The van der Waals surface area contributed by atoms with E-state index < -0.39 is 10.0 Å². The summed E-state index contributed by atoms with van der Waals surface area (Å²) in [6.07, 6.45) is 5.05. The highest BCUT2D eigenvalue weighted by molar-refractivity contribution is 7.92. The minimum absolute atomic E-state index is 0.492. The molecule has 0 bridgehead atoms. The lowest BCUT2D eigenvalue weighted by atomic mass is 10.0. The third-order valence-electron chi connectivity index (χ3n) is 4.21. The number of sulfonamides is 1. The largest absolute Gasteiger partial charge is 0.303 e. The average molecular weight is 337 g/mol. The summed E-state index contributed by atoms with van der Waals surface area (Å²) in [5.41, 5.74) is 2.05. The number of piperidine rings is 1. The predicted octanol–water partition coefficient (Wildman–Crippen LogP) is 3.01. The fourth-order valence-corrected chi connectivity index (χ4v) is 3.76. The topological polar surface area (TPSA) is 49.4 Å². The molecule has 0 spiro atoms. The number of rotatable bonds is 7. The first-order chi connectivity index (χ1) is 10.9. The van der Waals surface area contributed by atoms with Crippen LogP contribution in [0.1, 0.15) is 37.3 Å². The quantitative estimate of drug-likeness (QED) is 0.779. The number of benzene rings is 1. The van der Waals surface area contributed by atoms with Crippen LogP contribution in [0.3, 0.4) is 0 Å². The standard InChI is InChI=1S/C18H28N2O2S/c1-16-6-8-18(9-7-16)10-14-23(21,22)19-11-4-13-20-12-3-5-17(2)15-20/h6-10,14,17,19H,3-5,11-13,15H2,1-2H3/b14-10-/t17-/m1/s1. The van der Waals surface area contributed by atoms with E-state index in [1.54, 1.807) is 6.08 Å². The fourth-order valence-electron chi connectivity index (χ4n) is 2.90. The summed E-state index contributed by atoms with van der Waals surface area (Å²) in [6.45, 7) is 8.03. The molecular weight excluding hydrogens is 308 g/mol. The molecular formula is C18H28N2O2S. The minimum atomic E-state index is -3.35. The van der Waals surface area contributed by atoms with Gasteiger partial charge in [-0.25, -0.2) is 13.1 Å². The molecule has 0 aliphatic carbocycles. The molecule has 128 valence electrons. The molecule has 1 heterocycles. The van der Waals surface area contributed by atoms with Crippen molar-refractivity contribution in [1.29, 1.82) is 0 Å². The number of likely N-dealkylation sites (tertiary alicyclic amines) is 1. The first-order valence-corrected chi connectivity index (χ1v) is 9.96. The number of nitrogens with zero attached hydrogens (tertiary/aromatic N) is 1.